The van der Waals surface area contributed by atoms with E-state index in [0.29, 0.717) is 18.3 Å². The van der Waals surface area contributed by atoms with Crippen molar-refractivity contribution in [2.75, 3.05) is 0 Å². The first-order valence-corrected chi connectivity index (χ1v) is 11.9. The van der Waals surface area contributed by atoms with Gasteiger partial charge in [-0.2, -0.15) is 0 Å². The van der Waals surface area contributed by atoms with Crippen LogP contribution in [0.15, 0.2) is 41.8 Å². The SMILES string of the molecule is CC1(C)[C@H]2C[C@H](C/C=C/CCCC(=O)O)[C@@H](NC(=O)c3cccc4ccsc34)[C@@H]1C2. The highest BCUT2D eigenvalue weighted by Gasteiger charge is 2.57. The molecule has 5 heteroatoms. The van der Waals surface area contributed by atoms with Gasteiger partial charge < -0.3 is 10.4 Å². The molecule has 160 valence electrons. The lowest BCUT2D eigenvalue weighted by Crippen LogP contribution is -2.63. The molecule has 2 bridgehead atoms. The summed E-state index contributed by atoms with van der Waals surface area (Å²) >= 11 is 1.63. The van der Waals surface area contributed by atoms with Crippen molar-refractivity contribution < 1.29 is 14.7 Å². The van der Waals surface area contributed by atoms with Crippen LogP contribution in [0.1, 0.15) is 62.7 Å². The molecule has 3 saturated carbocycles. The zero-order valence-electron chi connectivity index (χ0n) is 17.8. The average molecular weight is 426 g/mol. The largest absolute Gasteiger partial charge is 0.481 e. The molecule has 1 heterocycles. The lowest BCUT2D eigenvalue weighted by atomic mass is 9.44. The molecule has 3 aliphatic rings. The Labute approximate surface area is 182 Å². The molecule has 3 aliphatic carbocycles. The number of unbranched alkanes of at least 4 members (excludes halogenated alkanes) is 1. The molecule has 0 aliphatic heterocycles. The van der Waals surface area contributed by atoms with Crippen LogP contribution in [0.2, 0.25) is 0 Å². The lowest BCUT2D eigenvalue weighted by Gasteiger charge is -2.62. The summed E-state index contributed by atoms with van der Waals surface area (Å²) < 4.78 is 1.06. The van der Waals surface area contributed by atoms with Crippen molar-refractivity contribution >= 4 is 33.3 Å². The van der Waals surface area contributed by atoms with E-state index in [1.54, 1.807) is 11.3 Å². The normalized spacial score (nSPS) is 27.1. The van der Waals surface area contributed by atoms with Gasteiger partial charge in [-0.1, -0.05) is 38.1 Å². The summed E-state index contributed by atoms with van der Waals surface area (Å²) in [5, 5.41) is 15.4. The molecule has 3 fully saturated rings. The van der Waals surface area contributed by atoms with Gasteiger partial charge in [-0.15, -0.1) is 11.3 Å². The van der Waals surface area contributed by atoms with Crippen molar-refractivity contribution in [3.05, 3.63) is 47.4 Å². The van der Waals surface area contributed by atoms with Crippen molar-refractivity contribution in [2.45, 2.75) is 58.4 Å². The molecular weight excluding hydrogens is 394 g/mol. The monoisotopic (exact) mass is 425 g/mol. The fraction of sp³-hybridized carbons (Fsp3) is 0.520. The zero-order chi connectivity index (χ0) is 21.3. The van der Waals surface area contributed by atoms with Crippen LogP contribution < -0.4 is 5.32 Å². The highest BCUT2D eigenvalue weighted by Crippen LogP contribution is 2.61. The number of allylic oxidation sites excluding steroid dienone is 2. The maximum absolute atomic E-state index is 13.2. The van der Waals surface area contributed by atoms with Gasteiger partial charge in [0.15, 0.2) is 0 Å². The van der Waals surface area contributed by atoms with E-state index in [2.05, 4.69) is 43.4 Å². The second-order valence-electron chi connectivity index (χ2n) is 9.49. The van der Waals surface area contributed by atoms with Crippen LogP contribution in [-0.2, 0) is 4.79 Å². The van der Waals surface area contributed by atoms with Gasteiger partial charge in [-0.05, 0) is 78.2 Å². The number of hydrogen-bond acceptors (Lipinski definition) is 3. The van der Waals surface area contributed by atoms with Crippen LogP contribution in [0, 0.1) is 23.2 Å². The highest BCUT2D eigenvalue weighted by atomic mass is 32.1. The van der Waals surface area contributed by atoms with E-state index in [4.69, 9.17) is 5.11 Å². The van der Waals surface area contributed by atoms with Crippen molar-refractivity contribution in [2.24, 2.45) is 23.2 Å². The molecule has 1 amide bonds. The lowest BCUT2D eigenvalue weighted by molar-refractivity contribution is -0.137. The Kier molecular flexibility index (Phi) is 6.01. The fourth-order valence-corrected chi connectivity index (χ4v) is 6.44. The third-order valence-electron chi connectivity index (χ3n) is 7.46. The maximum atomic E-state index is 13.2. The number of thiophene rings is 1. The van der Waals surface area contributed by atoms with E-state index < -0.39 is 5.97 Å². The number of carbonyl (C=O) groups is 2. The van der Waals surface area contributed by atoms with Gasteiger partial charge in [-0.25, -0.2) is 0 Å². The van der Waals surface area contributed by atoms with E-state index in [1.165, 1.54) is 6.42 Å². The predicted molar refractivity (Wildman–Crippen MR) is 122 cm³/mol. The molecule has 1 aromatic heterocycles. The van der Waals surface area contributed by atoms with Crippen LogP contribution in [0.3, 0.4) is 0 Å². The molecule has 0 unspecified atom stereocenters. The van der Waals surface area contributed by atoms with Gasteiger partial charge in [0, 0.05) is 17.2 Å². The molecular formula is C25H31NO3S. The third kappa shape index (κ3) is 4.04. The van der Waals surface area contributed by atoms with Crippen molar-refractivity contribution in [3.8, 4) is 0 Å². The Morgan fingerprint density at radius 1 is 1.23 bits per heavy atom. The Bertz CT molecular complexity index is 960. The van der Waals surface area contributed by atoms with Gasteiger partial charge in [0.25, 0.3) is 5.91 Å². The van der Waals surface area contributed by atoms with Crippen LogP contribution in [0.4, 0.5) is 0 Å². The minimum Gasteiger partial charge on any atom is -0.481 e. The summed E-state index contributed by atoms with van der Waals surface area (Å²) in [6.45, 7) is 4.70. The van der Waals surface area contributed by atoms with Gasteiger partial charge in [0.1, 0.15) is 0 Å². The van der Waals surface area contributed by atoms with Crippen molar-refractivity contribution in [1.29, 1.82) is 0 Å². The molecule has 5 rings (SSSR count). The number of carboxylic acids is 1. The van der Waals surface area contributed by atoms with E-state index >= 15 is 0 Å². The number of hydrogen-bond donors (Lipinski definition) is 2. The minimum atomic E-state index is -0.735. The van der Waals surface area contributed by atoms with Crippen LogP contribution >= 0.6 is 11.3 Å². The molecule has 4 nitrogen and oxygen atoms in total. The number of aliphatic carboxylic acids is 1. The van der Waals surface area contributed by atoms with E-state index in [9.17, 15) is 9.59 Å². The summed E-state index contributed by atoms with van der Waals surface area (Å²) in [6.07, 6.45) is 9.32. The minimum absolute atomic E-state index is 0.0460. The number of carbonyl (C=O) groups excluding carboxylic acids is 1. The first kappa shape index (κ1) is 21.1. The van der Waals surface area contributed by atoms with Gasteiger partial charge >= 0.3 is 5.97 Å². The summed E-state index contributed by atoms with van der Waals surface area (Å²) in [5.74, 6) is 1.02. The van der Waals surface area contributed by atoms with Gasteiger partial charge in [-0.3, -0.25) is 9.59 Å². The first-order valence-electron chi connectivity index (χ1n) is 11.0. The number of amides is 1. The topological polar surface area (TPSA) is 66.4 Å². The molecule has 30 heavy (non-hydrogen) atoms. The smallest absolute Gasteiger partial charge is 0.303 e. The third-order valence-corrected chi connectivity index (χ3v) is 8.43. The standard InChI is InChI=1S/C25H31NO3S/c1-25(2)18-14-17(8-5-3-4-6-11-21(27)28)22(20(25)15-18)26-24(29)19-10-7-9-16-12-13-30-23(16)19/h3,5,7,9-10,12-13,17-18,20,22H,4,6,8,11,14-15H2,1-2H3,(H,26,29)(H,27,28)/b5-3+/t17-,18-,20-,22+/m0/s1. The number of fused-ring (bicyclic) bond motifs is 3. The molecule has 2 aromatic rings. The van der Waals surface area contributed by atoms with Crippen molar-refractivity contribution in [1.82, 2.24) is 5.32 Å². The summed E-state index contributed by atoms with van der Waals surface area (Å²) in [6, 6.07) is 8.21. The zero-order valence-corrected chi connectivity index (χ0v) is 18.6. The summed E-state index contributed by atoms with van der Waals surface area (Å²) in [4.78, 5) is 23.9. The van der Waals surface area contributed by atoms with Gasteiger partial charge in [0.05, 0.1) is 5.56 Å². The second-order valence-corrected chi connectivity index (χ2v) is 10.4. The Hall–Kier alpha value is -2.14. The quantitative estimate of drug-likeness (QED) is 0.410. The molecule has 0 spiro atoms. The van der Waals surface area contributed by atoms with Crippen LogP contribution in [-0.4, -0.2) is 23.0 Å². The second kappa shape index (κ2) is 8.54. The number of benzene rings is 1. The van der Waals surface area contributed by atoms with E-state index in [-0.39, 0.29) is 23.8 Å². The predicted octanol–water partition coefficient (Wildman–Crippen LogP) is 5.88. The molecule has 2 N–H and O–H groups in total. The maximum Gasteiger partial charge on any atom is 0.303 e. The summed E-state index contributed by atoms with van der Waals surface area (Å²) in [5.41, 5.74) is 1.07. The first-order chi connectivity index (χ1) is 14.4. The average Bonchev–Trinajstić information content (AvgIpc) is 3.19. The summed E-state index contributed by atoms with van der Waals surface area (Å²) in [7, 11) is 0. The molecule has 4 atom stereocenters. The molecule has 0 radical (unpaired) electrons. The number of nitrogens with one attached hydrogen (secondary N) is 1. The van der Waals surface area contributed by atoms with Crippen LogP contribution in [0.25, 0.3) is 10.1 Å². The Morgan fingerprint density at radius 2 is 2.07 bits per heavy atom. The van der Waals surface area contributed by atoms with Crippen molar-refractivity contribution in [3.63, 3.8) is 0 Å². The van der Waals surface area contributed by atoms with Crippen LogP contribution in [0.5, 0.6) is 0 Å². The van der Waals surface area contributed by atoms with E-state index in [0.717, 1.165) is 40.8 Å². The fourth-order valence-electron chi connectivity index (χ4n) is 5.53. The highest BCUT2D eigenvalue weighted by molar-refractivity contribution is 7.17. The molecule has 1 aromatic carbocycles. The Morgan fingerprint density at radius 3 is 2.83 bits per heavy atom. The van der Waals surface area contributed by atoms with E-state index in [1.807, 2.05) is 17.5 Å². The number of carboxylic acid groups (broad SMARTS) is 1. The van der Waals surface area contributed by atoms with Gasteiger partial charge in [0.2, 0.25) is 0 Å². The Balaban J connectivity index is 1.45. The number of rotatable bonds is 8. The molecule has 0 saturated heterocycles.